The summed E-state index contributed by atoms with van der Waals surface area (Å²) < 4.78 is 1.99. The van der Waals surface area contributed by atoms with Gasteiger partial charge >= 0.3 is 5.97 Å². The maximum atomic E-state index is 11.0. The molecule has 0 saturated heterocycles. The highest BCUT2D eigenvalue weighted by atomic mass is 16.4. The van der Waals surface area contributed by atoms with Gasteiger partial charge in [0, 0.05) is 25.0 Å². The van der Waals surface area contributed by atoms with E-state index in [1.807, 2.05) is 47.7 Å². The third kappa shape index (κ3) is 3.17. The summed E-state index contributed by atoms with van der Waals surface area (Å²) in [7, 11) is 0. The molecule has 0 spiro atoms. The minimum Gasteiger partial charge on any atom is -0.480 e. The van der Waals surface area contributed by atoms with Gasteiger partial charge in [0.05, 0.1) is 12.2 Å². The molecule has 0 aromatic carbocycles. The number of carboxylic acids is 1. The van der Waals surface area contributed by atoms with Crippen molar-refractivity contribution in [3.8, 4) is 0 Å². The molecule has 20 heavy (non-hydrogen) atoms. The first kappa shape index (κ1) is 14.5. The van der Waals surface area contributed by atoms with Crippen molar-refractivity contribution in [3.05, 3.63) is 35.8 Å². The van der Waals surface area contributed by atoms with Gasteiger partial charge in [0.15, 0.2) is 0 Å². The van der Waals surface area contributed by atoms with E-state index >= 15 is 0 Å². The quantitative estimate of drug-likeness (QED) is 0.879. The van der Waals surface area contributed by atoms with Crippen molar-refractivity contribution in [1.29, 1.82) is 0 Å². The van der Waals surface area contributed by atoms with Crippen molar-refractivity contribution in [1.82, 2.24) is 14.3 Å². The Balaban J connectivity index is 2.23. The van der Waals surface area contributed by atoms with E-state index in [4.69, 9.17) is 5.11 Å². The van der Waals surface area contributed by atoms with Crippen LogP contribution in [0, 0.1) is 6.92 Å². The van der Waals surface area contributed by atoms with Gasteiger partial charge in [-0.1, -0.05) is 13.0 Å². The summed E-state index contributed by atoms with van der Waals surface area (Å²) in [5.41, 5.74) is 2.95. The van der Waals surface area contributed by atoms with Crippen molar-refractivity contribution in [3.63, 3.8) is 0 Å². The monoisotopic (exact) mass is 275 g/mol. The predicted octanol–water partition coefficient (Wildman–Crippen LogP) is 2.33. The molecule has 0 amide bonds. The minimum atomic E-state index is -0.801. The summed E-state index contributed by atoms with van der Waals surface area (Å²) in [6.45, 7) is 6.73. The fourth-order valence-electron chi connectivity index (χ4n) is 2.29. The molecule has 5 nitrogen and oxygen atoms in total. The van der Waals surface area contributed by atoms with Gasteiger partial charge in [0.2, 0.25) is 0 Å². The Hall–Kier alpha value is -1.88. The van der Waals surface area contributed by atoms with Crippen LogP contribution in [0.15, 0.2) is 24.5 Å². The second kappa shape index (κ2) is 6.05. The number of hydrogen-bond donors (Lipinski definition) is 1. The van der Waals surface area contributed by atoms with Gasteiger partial charge in [0.1, 0.15) is 5.65 Å². The van der Waals surface area contributed by atoms with Gasteiger partial charge in [0.25, 0.3) is 0 Å². The van der Waals surface area contributed by atoms with Gasteiger partial charge in [-0.25, -0.2) is 4.98 Å². The van der Waals surface area contributed by atoms with Crippen LogP contribution >= 0.6 is 0 Å². The van der Waals surface area contributed by atoms with Crippen LogP contribution < -0.4 is 0 Å². The number of imidazole rings is 1. The number of aliphatic carboxylic acids is 1. The van der Waals surface area contributed by atoms with Gasteiger partial charge in [-0.3, -0.25) is 9.69 Å². The number of carboxylic acid groups (broad SMARTS) is 1. The smallest absolute Gasteiger partial charge is 0.317 e. The van der Waals surface area contributed by atoms with Gasteiger partial charge < -0.3 is 9.51 Å². The number of fused-ring (bicyclic) bond motifs is 1. The Morgan fingerprint density at radius 1 is 1.55 bits per heavy atom. The van der Waals surface area contributed by atoms with Gasteiger partial charge in [-0.15, -0.1) is 0 Å². The highest BCUT2D eigenvalue weighted by molar-refractivity contribution is 5.69. The van der Waals surface area contributed by atoms with Crippen LogP contribution in [0.25, 0.3) is 5.65 Å². The van der Waals surface area contributed by atoms with Gasteiger partial charge in [-0.2, -0.15) is 0 Å². The summed E-state index contributed by atoms with van der Waals surface area (Å²) in [6, 6.07) is 4.23. The molecule has 1 unspecified atom stereocenters. The first-order valence-electron chi connectivity index (χ1n) is 6.90. The zero-order chi connectivity index (χ0) is 14.7. The highest BCUT2D eigenvalue weighted by Crippen LogP contribution is 2.13. The first-order valence-corrected chi connectivity index (χ1v) is 6.90. The largest absolute Gasteiger partial charge is 0.480 e. The van der Waals surface area contributed by atoms with Crippen molar-refractivity contribution in [2.45, 2.75) is 39.8 Å². The summed E-state index contributed by atoms with van der Waals surface area (Å²) >= 11 is 0. The molecule has 0 fully saturated rings. The molecular formula is C15H21N3O2. The summed E-state index contributed by atoms with van der Waals surface area (Å²) in [6.07, 6.45) is 4.85. The number of aromatic nitrogens is 2. The van der Waals surface area contributed by atoms with Crippen molar-refractivity contribution in [2.75, 3.05) is 6.54 Å². The third-order valence-corrected chi connectivity index (χ3v) is 3.65. The number of nitrogens with zero attached hydrogens (tertiary/aromatic N) is 3. The van der Waals surface area contributed by atoms with E-state index in [-0.39, 0.29) is 12.6 Å². The lowest BCUT2D eigenvalue weighted by molar-refractivity contribution is -0.139. The van der Waals surface area contributed by atoms with E-state index in [0.29, 0.717) is 6.54 Å². The Kier molecular flexibility index (Phi) is 4.39. The zero-order valence-corrected chi connectivity index (χ0v) is 12.2. The summed E-state index contributed by atoms with van der Waals surface area (Å²) in [4.78, 5) is 17.5. The summed E-state index contributed by atoms with van der Waals surface area (Å²) in [5, 5.41) is 9.02. The molecule has 108 valence electrons. The molecule has 5 heteroatoms. The number of aryl methyl sites for hydroxylation is 1. The van der Waals surface area contributed by atoms with E-state index in [1.54, 1.807) is 0 Å². The second-order valence-electron chi connectivity index (χ2n) is 5.21. The van der Waals surface area contributed by atoms with E-state index in [2.05, 4.69) is 11.9 Å². The molecule has 0 aliphatic carbocycles. The van der Waals surface area contributed by atoms with Crippen LogP contribution in [-0.4, -0.2) is 37.9 Å². The van der Waals surface area contributed by atoms with Gasteiger partial charge in [-0.05, 0) is 31.9 Å². The van der Waals surface area contributed by atoms with Crippen LogP contribution in [0.4, 0.5) is 0 Å². The number of rotatable bonds is 6. The highest BCUT2D eigenvalue weighted by Gasteiger charge is 2.17. The molecule has 0 aliphatic heterocycles. The lowest BCUT2D eigenvalue weighted by atomic mass is 10.2. The number of carbonyl (C=O) groups is 1. The summed E-state index contributed by atoms with van der Waals surface area (Å²) in [5.74, 6) is -0.801. The molecule has 0 bridgehead atoms. The van der Waals surface area contributed by atoms with E-state index in [0.717, 1.165) is 23.3 Å². The lowest BCUT2D eigenvalue weighted by Crippen LogP contribution is -2.36. The minimum absolute atomic E-state index is 0.0435. The van der Waals surface area contributed by atoms with Crippen molar-refractivity contribution < 1.29 is 9.90 Å². The average molecular weight is 275 g/mol. The predicted molar refractivity (Wildman–Crippen MR) is 77.7 cm³/mol. The van der Waals surface area contributed by atoms with E-state index in [9.17, 15) is 4.79 Å². The van der Waals surface area contributed by atoms with Crippen LogP contribution in [0.3, 0.4) is 0 Å². The van der Waals surface area contributed by atoms with E-state index < -0.39 is 5.97 Å². The Morgan fingerprint density at radius 2 is 2.30 bits per heavy atom. The third-order valence-electron chi connectivity index (χ3n) is 3.65. The molecule has 1 N–H and O–H groups in total. The number of hydrogen-bond acceptors (Lipinski definition) is 3. The van der Waals surface area contributed by atoms with Crippen molar-refractivity contribution in [2.24, 2.45) is 0 Å². The molecular weight excluding hydrogens is 254 g/mol. The van der Waals surface area contributed by atoms with Crippen LogP contribution in [0.2, 0.25) is 0 Å². The van der Waals surface area contributed by atoms with Crippen molar-refractivity contribution >= 4 is 11.6 Å². The maximum absolute atomic E-state index is 11.0. The standard InChI is InChI=1S/C15H21N3O2/c1-4-12(3)18(10-14(19)20)9-13-8-17-7-5-6-11(2)15(17)16-13/h5-8,12H,4,9-10H2,1-3H3,(H,19,20). The second-order valence-corrected chi connectivity index (χ2v) is 5.21. The fourth-order valence-corrected chi connectivity index (χ4v) is 2.29. The van der Waals surface area contributed by atoms with E-state index in [1.165, 1.54) is 0 Å². The SMILES string of the molecule is CCC(C)N(CC(=O)O)Cc1cn2cccc(C)c2n1. The molecule has 2 heterocycles. The Morgan fingerprint density at radius 3 is 2.90 bits per heavy atom. The topological polar surface area (TPSA) is 57.8 Å². The van der Waals surface area contributed by atoms with Crippen LogP contribution in [-0.2, 0) is 11.3 Å². The normalized spacial score (nSPS) is 13.0. The molecule has 2 aromatic heterocycles. The molecule has 0 aliphatic rings. The average Bonchev–Trinajstić information content (AvgIpc) is 2.80. The first-order chi connectivity index (χ1) is 9.51. The molecule has 2 aromatic rings. The Bertz CT molecular complexity index is 606. The molecule has 0 saturated carbocycles. The number of pyridine rings is 1. The Labute approximate surface area is 118 Å². The lowest BCUT2D eigenvalue weighted by Gasteiger charge is -2.25. The van der Waals surface area contributed by atoms with Crippen LogP contribution in [0.5, 0.6) is 0 Å². The molecule has 0 radical (unpaired) electrons. The van der Waals surface area contributed by atoms with Crippen LogP contribution in [0.1, 0.15) is 31.5 Å². The fraction of sp³-hybridized carbons (Fsp3) is 0.467. The maximum Gasteiger partial charge on any atom is 0.317 e. The zero-order valence-electron chi connectivity index (χ0n) is 12.2. The molecule has 1 atom stereocenters. The molecule has 2 rings (SSSR count).